The maximum Gasteiger partial charge on any atom is 0.261 e. The number of nitrogens with zero attached hydrogens (tertiary/aromatic N) is 4. The molecule has 1 amide bonds. The van der Waals surface area contributed by atoms with E-state index in [4.69, 9.17) is 0 Å². The van der Waals surface area contributed by atoms with Gasteiger partial charge in [-0.15, -0.1) is 0 Å². The van der Waals surface area contributed by atoms with Crippen LogP contribution in [0, 0.1) is 0 Å². The molecule has 3 aromatic rings. The summed E-state index contributed by atoms with van der Waals surface area (Å²) < 4.78 is 1.69. The first-order valence-corrected chi connectivity index (χ1v) is 7.90. The number of benzene rings is 1. The molecule has 120 valence electrons. The summed E-state index contributed by atoms with van der Waals surface area (Å²) in [6, 6.07) is 11.3. The van der Waals surface area contributed by atoms with E-state index in [0.717, 1.165) is 23.5 Å². The highest BCUT2D eigenvalue weighted by Crippen LogP contribution is 2.21. The molecular weight excluding hydrogens is 304 g/mol. The highest BCUT2D eigenvalue weighted by molar-refractivity contribution is 5.83. The van der Waals surface area contributed by atoms with E-state index in [9.17, 15) is 9.59 Å². The third-order valence-electron chi connectivity index (χ3n) is 4.38. The van der Waals surface area contributed by atoms with Gasteiger partial charge in [0.15, 0.2) is 0 Å². The fourth-order valence-corrected chi connectivity index (χ4v) is 3.07. The summed E-state index contributed by atoms with van der Waals surface area (Å²) in [6.07, 6.45) is 3.15. The van der Waals surface area contributed by atoms with Crippen LogP contribution in [0.15, 0.2) is 47.4 Å². The van der Waals surface area contributed by atoms with Crippen LogP contribution in [-0.4, -0.2) is 38.9 Å². The van der Waals surface area contributed by atoms with Crippen LogP contribution in [0.4, 0.5) is 0 Å². The number of hydrogen-bond acceptors (Lipinski definition) is 4. The van der Waals surface area contributed by atoms with Gasteiger partial charge >= 0.3 is 0 Å². The molecule has 0 atom stereocenters. The summed E-state index contributed by atoms with van der Waals surface area (Å²) in [5.74, 6) is 0.732. The van der Waals surface area contributed by atoms with Gasteiger partial charge < -0.3 is 4.90 Å². The van der Waals surface area contributed by atoms with Crippen LogP contribution in [0.5, 0.6) is 0 Å². The number of aromatic nitrogens is 3. The Morgan fingerprint density at radius 1 is 1.08 bits per heavy atom. The molecule has 6 heteroatoms. The minimum atomic E-state index is -0.0460. The van der Waals surface area contributed by atoms with Crippen molar-refractivity contribution < 1.29 is 4.79 Å². The summed E-state index contributed by atoms with van der Waals surface area (Å²) >= 11 is 0. The second-order valence-corrected chi connectivity index (χ2v) is 5.82. The first-order chi connectivity index (χ1) is 11.8. The average molecular weight is 320 g/mol. The second-order valence-electron chi connectivity index (χ2n) is 5.82. The Morgan fingerprint density at radius 2 is 2.00 bits per heavy atom. The number of fused-ring (bicyclic) bond motifs is 2. The minimum Gasteiger partial charge on any atom is -0.343 e. The van der Waals surface area contributed by atoms with Crippen molar-refractivity contribution in [2.45, 2.75) is 13.0 Å². The van der Waals surface area contributed by atoms with Gasteiger partial charge in [-0.2, -0.15) is 0 Å². The molecule has 0 radical (unpaired) electrons. The zero-order valence-electron chi connectivity index (χ0n) is 13.1. The Morgan fingerprint density at radius 3 is 2.79 bits per heavy atom. The Balaban J connectivity index is 1.85. The van der Waals surface area contributed by atoms with Gasteiger partial charge in [0.25, 0.3) is 5.56 Å². The fraction of sp³-hybridized carbons (Fsp3) is 0.222. The Labute approximate surface area is 138 Å². The molecule has 0 N–H and O–H groups in total. The molecule has 2 aromatic heterocycles. The van der Waals surface area contributed by atoms with Gasteiger partial charge in [0.1, 0.15) is 5.82 Å². The van der Waals surface area contributed by atoms with Gasteiger partial charge in [0.2, 0.25) is 6.41 Å². The van der Waals surface area contributed by atoms with Crippen molar-refractivity contribution >= 4 is 17.3 Å². The average Bonchev–Trinajstić information content (AvgIpc) is 2.84. The number of rotatable bonds is 2. The summed E-state index contributed by atoms with van der Waals surface area (Å²) in [6.45, 7) is 1.61. The topological polar surface area (TPSA) is 68.1 Å². The lowest BCUT2D eigenvalue weighted by molar-refractivity contribution is -0.118. The molecule has 1 aliphatic heterocycles. The number of carbonyl (C=O) groups excluding carboxylic acids is 1. The van der Waals surface area contributed by atoms with Gasteiger partial charge in [-0.1, -0.05) is 12.1 Å². The van der Waals surface area contributed by atoms with Crippen LogP contribution in [0.25, 0.3) is 22.2 Å². The molecule has 0 spiro atoms. The van der Waals surface area contributed by atoms with E-state index < -0.39 is 0 Å². The van der Waals surface area contributed by atoms with Gasteiger partial charge in [-0.3, -0.25) is 19.1 Å². The SMILES string of the molecule is O=CN1CCc2nc3cc(-c4ccccn4)ccc3c(=O)n2CC1. The maximum atomic E-state index is 12.8. The summed E-state index contributed by atoms with van der Waals surface area (Å²) in [4.78, 5) is 34.5. The van der Waals surface area contributed by atoms with E-state index in [0.29, 0.717) is 37.0 Å². The molecule has 3 heterocycles. The van der Waals surface area contributed by atoms with Gasteiger partial charge in [0, 0.05) is 37.8 Å². The van der Waals surface area contributed by atoms with Crippen LogP contribution in [0.1, 0.15) is 5.82 Å². The molecule has 0 fully saturated rings. The molecule has 0 saturated heterocycles. The largest absolute Gasteiger partial charge is 0.343 e. The Hall–Kier alpha value is -3.02. The van der Waals surface area contributed by atoms with E-state index in [1.165, 1.54) is 0 Å². The zero-order valence-corrected chi connectivity index (χ0v) is 13.1. The molecule has 4 rings (SSSR count). The van der Waals surface area contributed by atoms with E-state index in [1.807, 2.05) is 36.4 Å². The van der Waals surface area contributed by atoms with Crippen molar-refractivity contribution in [1.29, 1.82) is 0 Å². The number of pyridine rings is 1. The molecule has 0 aliphatic carbocycles. The third-order valence-corrected chi connectivity index (χ3v) is 4.38. The molecule has 6 nitrogen and oxygen atoms in total. The summed E-state index contributed by atoms with van der Waals surface area (Å²) in [5, 5.41) is 0.595. The number of carbonyl (C=O) groups is 1. The van der Waals surface area contributed by atoms with Crippen molar-refractivity contribution in [2.75, 3.05) is 13.1 Å². The molecule has 1 aromatic carbocycles. The minimum absolute atomic E-state index is 0.0460. The standard InChI is InChI=1S/C18H16N4O2/c23-12-21-8-6-17-20-16-11-13(15-3-1-2-7-19-15)4-5-14(16)18(24)22(17)10-9-21/h1-5,7,11-12H,6,8-10H2. The zero-order chi connectivity index (χ0) is 16.5. The second kappa shape index (κ2) is 5.88. The first kappa shape index (κ1) is 14.6. The Bertz CT molecular complexity index is 966. The molecule has 0 saturated carbocycles. The van der Waals surface area contributed by atoms with Crippen LogP contribution in [-0.2, 0) is 17.8 Å². The van der Waals surface area contributed by atoms with Crippen LogP contribution in [0.2, 0.25) is 0 Å². The van der Waals surface area contributed by atoms with Crippen molar-refractivity contribution in [3.63, 3.8) is 0 Å². The first-order valence-electron chi connectivity index (χ1n) is 7.90. The van der Waals surface area contributed by atoms with Crippen LogP contribution in [0.3, 0.4) is 0 Å². The quantitative estimate of drug-likeness (QED) is 0.671. The smallest absolute Gasteiger partial charge is 0.261 e. The van der Waals surface area contributed by atoms with Gasteiger partial charge in [-0.25, -0.2) is 4.98 Å². The molecule has 0 bridgehead atoms. The predicted octanol–water partition coefficient (Wildman–Crippen LogP) is 1.47. The lowest BCUT2D eigenvalue weighted by Gasteiger charge is -2.12. The molecule has 24 heavy (non-hydrogen) atoms. The van der Waals surface area contributed by atoms with E-state index in [-0.39, 0.29) is 5.56 Å². The summed E-state index contributed by atoms with van der Waals surface area (Å²) in [7, 11) is 0. The number of hydrogen-bond donors (Lipinski definition) is 0. The van der Waals surface area contributed by atoms with Crippen molar-refractivity contribution in [3.05, 3.63) is 58.8 Å². The fourth-order valence-electron chi connectivity index (χ4n) is 3.07. The van der Waals surface area contributed by atoms with E-state index in [2.05, 4.69) is 9.97 Å². The number of amides is 1. The van der Waals surface area contributed by atoms with E-state index in [1.54, 1.807) is 15.7 Å². The predicted molar refractivity (Wildman–Crippen MR) is 90.6 cm³/mol. The summed E-state index contributed by atoms with van der Waals surface area (Å²) in [5.41, 5.74) is 2.41. The normalized spacial score (nSPS) is 14.2. The van der Waals surface area contributed by atoms with Gasteiger partial charge in [-0.05, 0) is 24.3 Å². The highest BCUT2D eigenvalue weighted by Gasteiger charge is 2.17. The lowest BCUT2D eigenvalue weighted by atomic mass is 10.1. The highest BCUT2D eigenvalue weighted by atomic mass is 16.1. The van der Waals surface area contributed by atoms with Crippen LogP contribution < -0.4 is 5.56 Å². The monoisotopic (exact) mass is 320 g/mol. The van der Waals surface area contributed by atoms with E-state index >= 15 is 0 Å². The molecular formula is C18H16N4O2. The Kier molecular flexibility index (Phi) is 3.57. The molecule has 0 unspecified atom stereocenters. The van der Waals surface area contributed by atoms with Crippen LogP contribution >= 0.6 is 0 Å². The maximum absolute atomic E-state index is 12.8. The van der Waals surface area contributed by atoms with Crippen molar-refractivity contribution in [3.8, 4) is 11.3 Å². The third kappa shape index (κ3) is 2.46. The van der Waals surface area contributed by atoms with Crippen molar-refractivity contribution in [2.24, 2.45) is 0 Å². The molecule has 1 aliphatic rings. The lowest BCUT2D eigenvalue weighted by Crippen LogP contribution is -2.28. The van der Waals surface area contributed by atoms with Crippen molar-refractivity contribution in [1.82, 2.24) is 19.4 Å². The van der Waals surface area contributed by atoms with Gasteiger partial charge in [0.05, 0.1) is 16.6 Å².